The van der Waals surface area contributed by atoms with Crippen molar-refractivity contribution in [1.29, 1.82) is 0 Å². The number of ether oxygens (including phenoxy) is 3. The largest absolute Gasteiger partial charge is 0.490 e. The first-order chi connectivity index (χ1) is 24.3. The SMILES string of the molecule is CCCCCCCCCOc1cc(C=CC(=S)c2ccc(C(C)(C)C)cc2)cc(OCCCCCCCCC)c1OCCCCCCCCC. The first-order valence-corrected chi connectivity index (χ1v) is 21.1. The van der Waals surface area contributed by atoms with Crippen LogP contribution in [0.5, 0.6) is 17.2 Å². The number of allylic oxidation sites excluding steroid dienone is 1. The molecule has 282 valence electrons. The van der Waals surface area contributed by atoms with Crippen LogP contribution in [0.2, 0.25) is 0 Å². The standard InChI is InChI=1S/C46H74O3S/c1-7-10-13-16-19-22-25-34-47-42-37-39(28-33-44(50)40-29-31-41(32-30-40)46(4,5)6)38-43(48-35-26-23-20-17-14-11-8-2)45(42)49-36-27-24-21-18-15-12-9-3/h28-33,37-38H,7-27,34-36H2,1-6H3. The lowest BCUT2D eigenvalue weighted by Gasteiger charge is -2.19. The minimum Gasteiger partial charge on any atom is -0.490 e. The zero-order valence-electron chi connectivity index (χ0n) is 33.2. The molecule has 0 unspecified atom stereocenters. The van der Waals surface area contributed by atoms with Gasteiger partial charge in [0.1, 0.15) is 0 Å². The lowest BCUT2D eigenvalue weighted by atomic mass is 9.86. The van der Waals surface area contributed by atoms with Crippen LogP contribution in [0.1, 0.15) is 193 Å². The number of hydrogen-bond donors (Lipinski definition) is 0. The van der Waals surface area contributed by atoms with Gasteiger partial charge in [-0.2, -0.15) is 0 Å². The Labute approximate surface area is 314 Å². The van der Waals surface area contributed by atoms with Crippen LogP contribution in [-0.4, -0.2) is 24.7 Å². The molecule has 0 bridgehead atoms. The van der Waals surface area contributed by atoms with Crippen molar-refractivity contribution in [1.82, 2.24) is 0 Å². The molecule has 0 fully saturated rings. The molecule has 2 aromatic carbocycles. The Kier molecular flexibility index (Phi) is 24.0. The molecule has 0 amide bonds. The van der Waals surface area contributed by atoms with Crippen LogP contribution in [0.3, 0.4) is 0 Å². The Morgan fingerprint density at radius 1 is 0.540 bits per heavy atom. The van der Waals surface area contributed by atoms with Gasteiger partial charge in [-0.3, -0.25) is 0 Å². The molecular formula is C46H74O3S. The van der Waals surface area contributed by atoms with Crippen molar-refractivity contribution in [2.75, 3.05) is 19.8 Å². The lowest BCUT2D eigenvalue weighted by molar-refractivity contribution is 0.234. The zero-order chi connectivity index (χ0) is 36.3. The Bertz CT molecular complexity index is 1140. The van der Waals surface area contributed by atoms with Gasteiger partial charge in [0.05, 0.1) is 19.8 Å². The van der Waals surface area contributed by atoms with Crippen molar-refractivity contribution in [3.05, 3.63) is 59.2 Å². The molecule has 0 radical (unpaired) electrons. The summed E-state index contributed by atoms with van der Waals surface area (Å²) in [6, 6.07) is 12.9. The average Bonchev–Trinajstić information content (AvgIpc) is 3.11. The van der Waals surface area contributed by atoms with E-state index in [0.717, 1.165) is 52.5 Å². The summed E-state index contributed by atoms with van der Waals surface area (Å²) >= 11 is 5.86. The molecule has 0 aromatic heterocycles. The number of benzene rings is 2. The van der Waals surface area contributed by atoms with Crippen LogP contribution in [0.4, 0.5) is 0 Å². The summed E-state index contributed by atoms with van der Waals surface area (Å²) in [5.41, 5.74) is 3.51. The van der Waals surface area contributed by atoms with E-state index in [0.29, 0.717) is 19.8 Å². The Morgan fingerprint density at radius 3 is 1.32 bits per heavy atom. The summed E-state index contributed by atoms with van der Waals surface area (Å²) < 4.78 is 19.6. The highest BCUT2D eigenvalue weighted by atomic mass is 32.1. The average molecular weight is 707 g/mol. The molecule has 0 aliphatic carbocycles. The fraction of sp³-hybridized carbons (Fsp3) is 0.674. The van der Waals surface area contributed by atoms with Gasteiger partial charge in [-0.15, -0.1) is 0 Å². The third-order valence-corrected chi connectivity index (χ3v) is 9.88. The van der Waals surface area contributed by atoms with Gasteiger partial charge in [0.25, 0.3) is 0 Å². The van der Waals surface area contributed by atoms with Gasteiger partial charge in [0, 0.05) is 4.86 Å². The van der Waals surface area contributed by atoms with Crippen LogP contribution < -0.4 is 14.2 Å². The fourth-order valence-electron chi connectivity index (χ4n) is 6.17. The molecule has 0 saturated carbocycles. The highest BCUT2D eigenvalue weighted by Gasteiger charge is 2.16. The number of thiocarbonyl (C=S) groups is 1. The molecule has 0 N–H and O–H groups in total. The second-order valence-corrected chi connectivity index (χ2v) is 15.7. The van der Waals surface area contributed by atoms with E-state index in [9.17, 15) is 0 Å². The maximum absolute atomic E-state index is 6.53. The molecule has 2 rings (SSSR count). The molecular weight excluding hydrogens is 633 g/mol. The van der Waals surface area contributed by atoms with Gasteiger partial charge < -0.3 is 14.2 Å². The maximum Gasteiger partial charge on any atom is 0.203 e. The fourth-order valence-corrected chi connectivity index (χ4v) is 6.37. The predicted octanol–water partition coefficient (Wildman–Crippen LogP) is 14.8. The molecule has 0 heterocycles. The van der Waals surface area contributed by atoms with E-state index in [4.69, 9.17) is 26.4 Å². The summed E-state index contributed by atoms with van der Waals surface area (Å²) in [5.74, 6) is 2.34. The number of rotatable bonds is 30. The summed E-state index contributed by atoms with van der Waals surface area (Å²) in [4.78, 5) is 0.820. The molecule has 0 spiro atoms. The maximum atomic E-state index is 6.53. The zero-order valence-corrected chi connectivity index (χ0v) is 34.0. The molecule has 3 nitrogen and oxygen atoms in total. The van der Waals surface area contributed by atoms with Crippen LogP contribution in [0.25, 0.3) is 6.08 Å². The molecule has 0 saturated heterocycles. The van der Waals surface area contributed by atoms with Crippen molar-refractivity contribution in [2.24, 2.45) is 0 Å². The van der Waals surface area contributed by atoms with E-state index >= 15 is 0 Å². The van der Waals surface area contributed by atoms with Crippen molar-refractivity contribution >= 4 is 23.2 Å². The Balaban J connectivity index is 2.21. The highest BCUT2D eigenvalue weighted by Crippen LogP contribution is 2.40. The molecule has 50 heavy (non-hydrogen) atoms. The van der Waals surface area contributed by atoms with Crippen LogP contribution in [-0.2, 0) is 5.41 Å². The first-order valence-electron chi connectivity index (χ1n) is 20.7. The molecule has 0 atom stereocenters. The van der Waals surface area contributed by atoms with Gasteiger partial charge in [0.15, 0.2) is 11.5 Å². The van der Waals surface area contributed by atoms with E-state index in [1.54, 1.807) is 0 Å². The summed E-state index contributed by atoms with van der Waals surface area (Å²) in [7, 11) is 0. The quantitative estimate of drug-likeness (QED) is 0.0350. The summed E-state index contributed by atoms with van der Waals surface area (Å²) in [6.07, 6.45) is 30.5. The van der Waals surface area contributed by atoms with Crippen molar-refractivity contribution in [3.8, 4) is 17.2 Å². The number of hydrogen-bond acceptors (Lipinski definition) is 4. The van der Waals surface area contributed by atoms with E-state index in [-0.39, 0.29) is 5.41 Å². The number of unbranched alkanes of at least 4 members (excludes halogenated alkanes) is 18. The van der Waals surface area contributed by atoms with Crippen LogP contribution >= 0.6 is 12.2 Å². The predicted molar refractivity (Wildman–Crippen MR) is 223 cm³/mol. The molecule has 2 aromatic rings. The van der Waals surface area contributed by atoms with Gasteiger partial charge in [-0.1, -0.05) is 200 Å². The van der Waals surface area contributed by atoms with Crippen molar-refractivity contribution < 1.29 is 14.2 Å². The Hall–Kier alpha value is -2.33. The summed E-state index contributed by atoms with van der Waals surface area (Å²) in [5, 5.41) is 0. The minimum absolute atomic E-state index is 0.116. The highest BCUT2D eigenvalue weighted by molar-refractivity contribution is 7.81. The van der Waals surface area contributed by atoms with Gasteiger partial charge in [-0.05, 0) is 59.6 Å². The van der Waals surface area contributed by atoms with Gasteiger partial charge >= 0.3 is 0 Å². The van der Waals surface area contributed by atoms with Gasteiger partial charge in [0.2, 0.25) is 5.75 Å². The van der Waals surface area contributed by atoms with Crippen LogP contribution in [0.15, 0.2) is 42.5 Å². The third kappa shape index (κ3) is 19.3. The molecule has 0 aliphatic heterocycles. The minimum atomic E-state index is 0.116. The second kappa shape index (κ2) is 27.3. The third-order valence-electron chi connectivity index (χ3n) is 9.51. The second-order valence-electron chi connectivity index (χ2n) is 15.3. The van der Waals surface area contributed by atoms with Crippen LogP contribution in [0, 0.1) is 0 Å². The normalized spacial score (nSPS) is 11.7. The molecule has 4 heteroatoms. The lowest BCUT2D eigenvalue weighted by Crippen LogP contribution is -2.10. The van der Waals surface area contributed by atoms with Crippen molar-refractivity contribution in [2.45, 2.75) is 182 Å². The van der Waals surface area contributed by atoms with E-state index < -0.39 is 0 Å². The topological polar surface area (TPSA) is 27.7 Å². The summed E-state index contributed by atoms with van der Waals surface area (Å²) in [6.45, 7) is 15.6. The Morgan fingerprint density at radius 2 is 0.920 bits per heavy atom. The smallest absolute Gasteiger partial charge is 0.203 e. The van der Waals surface area contributed by atoms with E-state index in [1.165, 1.54) is 121 Å². The van der Waals surface area contributed by atoms with E-state index in [1.807, 2.05) is 6.08 Å². The van der Waals surface area contributed by atoms with E-state index in [2.05, 4.69) is 84.0 Å². The first kappa shape index (κ1) is 43.8. The molecule has 0 aliphatic rings. The monoisotopic (exact) mass is 707 g/mol. The van der Waals surface area contributed by atoms with Gasteiger partial charge in [-0.25, -0.2) is 0 Å². The van der Waals surface area contributed by atoms with Crippen molar-refractivity contribution in [3.63, 3.8) is 0 Å².